The van der Waals surface area contributed by atoms with Crippen LogP contribution < -0.4 is 25.6 Å². The monoisotopic (exact) mass is 585 g/mol. The number of halogens is 2. The molecular weight excluding hydrogens is 562 g/mol. The van der Waals surface area contributed by atoms with Gasteiger partial charge in [-0.15, -0.1) is 0 Å². The number of nitrogens with one attached hydrogen (secondary N) is 3. The summed E-state index contributed by atoms with van der Waals surface area (Å²) in [6.07, 6.45) is 0.866. The number of rotatable bonds is 8. The molecule has 10 heteroatoms. The molecule has 0 aliphatic heterocycles. The van der Waals surface area contributed by atoms with Crippen LogP contribution in [0.15, 0.2) is 45.3 Å². The smallest absolute Gasteiger partial charge is 0.276 e. The van der Waals surface area contributed by atoms with E-state index in [-0.39, 0.29) is 11.7 Å². The average molecular weight is 587 g/mol. The van der Waals surface area contributed by atoms with E-state index in [9.17, 15) is 9.59 Å². The predicted molar refractivity (Wildman–Crippen MR) is 135 cm³/mol. The minimum Gasteiger partial charge on any atom is -0.493 e. The lowest BCUT2D eigenvalue weighted by Crippen LogP contribution is -2.49. The second-order valence-corrected chi connectivity index (χ2v) is 9.51. The molecule has 3 N–H and O–H groups in total. The quantitative estimate of drug-likeness (QED) is 0.308. The Hall–Kier alpha value is -2.17. The lowest BCUT2D eigenvalue weighted by Gasteiger charge is -2.14. The van der Waals surface area contributed by atoms with E-state index in [1.807, 2.05) is 19.1 Å². The lowest BCUT2D eigenvalue weighted by atomic mass is 10.1. The molecule has 0 bridgehead atoms. The van der Waals surface area contributed by atoms with Gasteiger partial charge in [-0.25, -0.2) is 0 Å². The summed E-state index contributed by atoms with van der Waals surface area (Å²) >= 11 is 11.9. The van der Waals surface area contributed by atoms with Crippen LogP contribution in [-0.4, -0.2) is 30.1 Å². The Labute approximate surface area is 209 Å². The van der Waals surface area contributed by atoms with Crippen molar-refractivity contribution in [1.82, 2.24) is 16.2 Å². The van der Waals surface area contributed by atoms with Crippen molar-refractivity contribution in [2.24, 2.45) is 5.92 Å². The molecule has 0 aromatic heterocycles. The molecule has 2 aromatic carbocycles. The van der Waals surface area contributed by atoms with Crippen LogP contribution in [0.3, 0.4) is 0 Å². The van der Waals surface area contributed by atoms with Gasteiger partial charge in [0.2, 0.25) is 0 Å². The van der Waals surface area contributed by atoms with Crippen LogP contribution >= 0.6 is 44.1 Å². The molecular formula is C22H25Br2N3O4S. The fourth-order valence-electron chi connectivity index (χ4n) is 2.43. The van der Waals surface area contributed by atoms with Crippen LogP contribution in [0.2, 0.25) is 0 Å². The average Bonchev–Trinajstić information content (AvgIpc) is 2.73. The number of ether oxygens (including phenoxy) is 2. The number of thiocarbonyl (C=S) groups is 1. The van der Waals surface area contributed by atoms with Gasteiger partial charge >= 0.3 is 0 Å². The Morgan fingerprint density at radius 1 is 1.06 bits per heavy atom. The Balaban J connectivity index is 1.84. The number of hydrogen-bond donors (Lipinski definition) is 3. The van der Waals surface area contributed by atoms with Crippen LogP contribution in [-0.2, 0) is 4.79 Å². The zero-order chi connectivity index (χ0) is 23.7. The number of amides is 2. The van der Waals surface area contributed by atoms with Gasteiger partial charge in [0.05, 0.1) is 12.2 Å². The maximum Gasteiger partial charge on any atom is 0.276 e. The molecule has 0 radical (unpaired) electrons. The first-order valence-electron chi connectivity index (χ1n) is 9.87. The highest BCUT2D eigenvalue weighted by Crippen LogP contribution is 2.24. The van der Waals surface area contributed by atoms with Crippen LogP contribution in [0.25, 0.3) is 0 Å². The van der Waals surface area contributed by atoms with E-state index in [2.05, 4.69) is 61.9 Å². The highest BCUT2D eigenvalue weighted by atomic mass is 79.9. The summed E-state index contributed by atoms with van der Waals surface area (Å²) in [6.45, 7) is 6.40. The molecule has 0 aliphatic carbocycles. The first kappa shape index (κ1) is 26.1. The minimum atomic E-state index is -0.459. The van der Waals surface area contributed by atoms with Crippen LogP contribution in [0.4, 0.5) is 0 Å². The molecule has 2 rings (SSSR count). The standard InChI is InChI=1S/C22H25Br2N3O4S/c1-13(2)8-9-30-19-7-4-15(23)11-17(19)21(29)25-22(32)27-26-20(28)12-31-16-5-6-18(24)14(3)10-16/h4-7,10-11,13H,8-9,12H2,1-3H3,(H,26,28)(H2,25,27,29,32). The molecule has 32 heavy (non-hydrogen) atoms. The van der Waals surface area contributed by atoms with Crippen LogP contribution in [0, 0.1) is 12.8 Å². The zero-order valence-electron chi connectivity index (χ0n) is 18.0. The molecule has 0 saturated heterocycles. The van der Waals surface area contributed by atoms with Crippen molar-refractivity contribution in [2.45, 2.75) is 27.2 Å². The van der Waals surface area contributed by atoms with Gasteiger partial charge in [-0.05, 0) is 73.4 Å². The Bertz CT molecular complexity index is 986. The molecule has 172 valence electrons. The number of aryl methyl sites for hydroxylation is 1. The third-order valence-corrected chi connectivity index (χ3v) is 5.77. The van der Waals surface area contributed by atoms with Gasteiger partial charge < -0.3 is 9.47 Å². The maximum atomic E-state index is 12.7. The van der Waals surface area contributed by atoms with Crippen LogP contribution in [0.5, 0.6) is 11.5 Å². The highest BCUT2D eigenvalue weighted by molar-refractivity contribution is 9.10. The number of carbonyl (C=O) groups excluding carboxylic acids is 2. The van der Waals surface area contributed by atoms with Gasteiger partial charge in [0.1, 0.15) is 11.5 Å². The molecule has 2 amide bonds. The van der Waals surface area contributed by atoms with Crippen LogP contribution in [0.1, 0.15) is 36.2 Å². The number of carbonyl (C=O) groups is 2. The summed E-state index contributed by atoms with van der Waals surface area (Å²) < 4.78 is 12.9. The second kappa shape index (κ2) is 12.8. The second-order valence-electron chi connectivity index (χ2n) is 7.33. The first-order chi connectivity index (χ1) is 15.2. The summed E-state index contributed by atoms with van der Waals surface area (Å²) in [7, 11) is 0. The highest BCUT2D eigenvalue weighted by Gasteiger charge is 2.15. The number of benzene rings is 2. The van der Waals surface area contributed by atoms with E-state index in [1.54, 1.807) is 24.3 Å². The van der Waals surface area contributed by atoms with Crippen molar-refractivity contribution in [1.29, 1.82) is 0 Å². The van der Waals surface area contributed by atoms with E-state index < -0.39 is 11.8 Å². The van der Waals surface area contributed by atoms with Crippen molar-refractivity contribution in [3.05, 3.63) is 56.5 Å². The predicted octanol–water partition coefficient (Wildman–Crippen LogP) is 4.66. The van der Waals surface area contributed by atoms with Gasteiger partial charge in [0, 0.05) is 8.95 Å². The summed E-state index contributed by atoms with van der Waals surface area (Å²) in [5, 5.41) is 2.47. The molecule has 0 fully saturated rings. The minimum absolute atomic E-state index is 0.0593. The van der Waals surface area contributed by atoms with E-state index in [1.165, 1.54) is 0 Å². The largest absolute Gasteiger partial charge is 0.493 e. The lowest BCUT2D eigenvalue weighted by molar-refractivity contribution is -0.123. The summed E-state index contributed by atoms with van der Waals surface area (Å²) in [5.74, 6) is 0.592. The maximum absolute atomic E-state index is 12.7. The van der Waals surface area contributed by atoms with Crippen molar-refractivity contribution in [3.8, 4) is 11.5 Å². The van der Waals surface area contributed by atoms with Gasteiger partial charge in [-0.2, -0.15) is 0 Å². The third kappa shape index (κ3) is 8.76. The normalized spacial score (nSPS) is 10.4. The Kier molecular flexibility index (Phi) is 10.4. The summed E-state index contributed by atoms with van der Waals surface area (Å²) in [6, 6.07) is 10.6. The molecule has 0 atom stereocenters. The van der Waals surface area contributed by atoms with Crippen molar-refractivity contribution >= 4 is 61.0 Å². The van der Waals surface area contributed by atoms with Crippen molar-refractivity contribution in [3.63, 3.8) is 0 Å². The number of hydrazine groups is 1. The Morgan fingerprint density at radius 3 is 2.50 bits per heavy atom. The van der Waals surface area contributed by atoms with Crippen molar-refractivity contribution < 1.29 is 19.1 Å². The van der Waals surface area contributed by atoms with Crippen molar-refractivity contribution in [2.75, 3.05) is 13.2 Å². The molecule has 0 spiro atoms. The molecule has 7 nitrogen and oxygen atoms in total. The van der Waals surface area contributed by atoms with E-state index in [0.29, 0.717) is 29.6 Å². The number of hydrogen-bond acceptors (Lipinski definition) is 5. The van der Waals surface area contributed by atoms with Gasteiger partial charge in [-0.3, -0.25) is 25.8 Å². The fraction of sp³-hybridized carbons (Fsp3) is 0.318. The molecule has 2 aromatic rings. The molecule has 0 heterocycles. The fourth-order valence-corrected chi connectivity index (χ4v) is 3.18. The summed E-state index contributed by atoms with van der Waals surface area (Å²) in [4.78, 5) is 24.7. The zero-order valence-corrected chi connectivity index (χ0v) is 21.9. The van der Waals surface area contributed by atoms with Gasteiger partial charge in [0.15, 0.2) is 11.7 Å². The van der Waals surface area contributed by atoms with E-state index >= 15 is 0 Å². The SMILES string of the molecule is Cc1cc(OCC(=O)NNC(=S)NC(=O)c2cc(Br)ccc2OCCC(C)C)ccc1Br. The van der Waals surface area contributed by atoms with Gasteiger partial charge in [-0.1, -0.05) is 45.7 Å². The molecule has 0 saturated carbocycles. The molecule has 0 aliphatic rings. The third-order valence-electron chi connectivity index (χ3n) is 4.18. The van der Waals surface area contributed by atoms with E-state index in [0.717, 1.165) is 20.9 Å². The van der Waals surface area contributed by atoms with Gasteiger partial charge in [0.25, 0.3) is 11.8 Å². The topological polar surface area (TPSA) is 88.7 Å². The summed E-state index contributed by atoms with van der Waals surface area (Å²) in [5.41, 5.74) is 6.20. The first-order valence-corrected chi connectivity index (χ1v) is 11.9. The molecule has 0 unspecified atom stereocenters. The Morgan fingerprint density at radius 2 is 1.81 bits per heavy atom. The van der Waals surface area contributed by atoms with E-state index in [4.69, 9.17) is 21.7 Å².